The van der Waals surface area contributed by atoms with E-state index in [1.807, 2.05) is 30.3 Å². The highest BCUT2D eigenvalue weighted by molar-refractivity contribution is 5.73. The SMILES string of the molecule is O=C(Cc1ccccc1)OC1(OCCO)CC1. The molecule has 4 nitrogen and oxygen atoms in total. The highest BCUT2D eigenvalue weighted by Gasteiger charge is 2.48. The number of rotatable bonds is 6. The van der Waals surface area contributed by atoms with Crippen LogP contribution in [0.4, 0.5) is 0 Å². The van der Waals surface area contributed by atoms with E-state index < -0.39 is 5.79 Å². The number of ether oxygens (including phenoxy) is 2. The Balaban J connectivity index is 1.82. The van der Waals surface area contributed by atoms with Gasteiger partial charge in [-0.2, -0.15) is 0 Å². The molecule has 0 saturated heterocycles. The molecule has 1 saturated carbocycles. The van der Waals surface area contributed by atoms with Gasteiger partial charge in [-0.05, 0) is 5.56 Å². The van der Waals surface area contributed by atoms with E-state index in [0.29, 0.717) is 12.8 Å². The van der Waals surface area contributed by atoms with Crippen LogP contribution in [0.2, 0.25) is 0 Å². The van der Waals surface area contributed by atoms with Gasteiger partial charge in [0, 0.05) is 12.8 Å². The van der Waals surface area contributed by atoms with E-state index in [1.54, 1.807) is 0 Å². The minimum absolute atomic E-state index is 0.0576. The zero-order valence-corrected chi connectivity index (χ0v) is 9.59. The van der Waals surface area contributed by atoms with Crippen LogP contribution in [0.5, 0.6) is 0 Å². The lowest BCUT2D eigenvalue weighted by Crippen LogP contribution is -2.25. The van der Waals surface area contributed by atoms with Crippen LogP contribution in [-0.2, 0) is 20.7 Å². The quantitative estimate of drug-likeness (QED) is 0.597. The standard InChI is InChI=1S/C13H16O4/c14-8-9-16-13(6-7-13)17-12(15)10-11-4-2-1-3-5-11/h1-5,14H,6-10H2. The Kier molecular flexibility index (Phi) is 3.76. The summed E-state index contributed by atoms with van der Waals surface area (Å²) in [5.41, 5.74) is 0.926. The number of aliphatic hydroxyl groups excluding tert-OH is 1. The van der Waals surface area contributed by atoms with E-state index in [-0.39, 0.29) is 25.6 Å². The van der Waals surface area contributed by atoms with Crippen molar-refractivity contribution in [3.63, 3.8) is 0 Å². The van der Waals surface area contributed by atoms with Crippen LogP contribution in [-0.4, -0.2) is 30.1 Å². The Morgan fingerprint density at radius 3 is 2.59 bits per heavy atom. The van der Waals surface area contributed by atoms with E-state index in [9.17, 15) is 4.79 Å². The average molecular weight is 236 g/mol. The zero-order chi connectivity index (χ0) is 12.1. The van der Waals surface area contributed by atoms with Crippen molar-refractivity contribution in [3.05, 3.63) is 35.9 Å². The first kappa shape index (κ1) is 12.1. The lowest BCUT2D eigenvalue weighted by atomic mass is 10.2. The Bertz CT molecular complexity index is 370. The molecule has 0 heterocycles. The van der Waals surface area contributed by atoms with Crippen molar-refractivity contribution >= 4 is 5.97 Å². The second-order valence-corrected chi connectivity index (χ2v) is 4.12. The van der Waals surface area contributed by atoms with Crippen molar-refractivity contribution in [3.8, 4) is 0 Å². The van der Waals surface area contributed by atoms with Crippen LogP contribution in [0.1, 0.15) is 18.4 Å². The van der Waals surface area contributed by atoms with Gasteiger partial charge in [-0.25, -0.2) is 0 Å². The van der Waals surface area contributed by atoms with Gasteiger partial charge >= 0.3 is 5.97 Å². The summed E-state index contributed by atoms with van der Waals surface area (Å²) < 4.78 is 10.6. The predicted molar refractivity (Wildman–Crippen MR) is 61.2 cm³/mol. The third-order valence-corrected chi connectivity index (χ3v) is 2.61. The summed E-state index contributed by atoms with van der Waals surface area (Å²) in [6.07, 6.45) is 1.69. The first-order valence-electron chi connectivity index (χ1n) is 5.75. The Morgan fingerprint density at radius 1 is 1.29 bits per heavy atom. The van der Waals surface area contributed by atoms with Crippen LogP contribution in [0, 0.1) is 0 Å². The maximum Gasteiger partial charge on any atom is 0.312 e. The molecule has 0 atom stereocenters. The molecule has 1 aliphatic carbocycles. The monoisotopic (exact) mass is 236 g/mol. The molecule has 4 heteroatoms. The van der Waals surface area contributed by atoms with Crippen LogP contribution < -0.4 is 0 Å². The summed E-state index contributed by atoms with van der Waals surface area (Å²) in [6, 6.07) is 9.45. The molecule has 92 valence electrons. The molecule has 1 fully saturated rings. The van der Waals surface area contributed by atoms with Crippen molar-refractivity contribution in [2.45, 2.75) is 25.0 Å². The summed E-state index contributed by atoms with van der Waals surface area (Å²) >= 11 is 0. The maximum atomic E-state index is 11.7. The number of esters is 1. The molecule has 0 unspecified atom stereocenters. The molecule has 1 aromatic carbocycles. The molecule has 0 aliphatic heterocycles. The Morgan fingerprint density at radius 2 is 2.00 bits per heavy atom. The number of carbonyl (C=O) groups excluding carboxylic acids is 1. The van der Waals surface area contributed by atoms with Crippen LogP contribution in [0.3, 0.4) is 0 Å². The van der Waals surface area contributed by atoms with E-state index >= 15 is 0 Å². The van der Waals surface area contributed by atoms with Crippen molar-refractivity contribution < 1.29 is 19.4 Å². The van der Waals surface area contributed by atoms with Gasteiger partial charge in [0.25, 0.3) is 0 Å². The summed E-state index contributed by atoms with van der Waals surface area (Å²) in [6.45, 7) is 0.149. The van der Waals surface area contributed by atoms with E-state index in [2.05, 4.69) is 0 Å². The summed E-state index contributed by atoms with van der Waals surface area (Å²) in [4.78, 5) is 11.7. The van der Waals surface area contributed by atoms with Crippen molar-refractivity contribution in [2.24, 2.45) is 0 Å². The highest BCUT2D eigenvalue weighted by atomic mass is 16.7. The average Bonchev–Trinajstić information content (AvgIpc) is 3.08. The van der Waals surface area contributed by atoms with Crippen LogP contribution >= 0.6 is 0 Å². The van der Waals surface area contributed by atoms with Gasteiger partial charge in [0.15, 0.2) is 0 Å². The van der Waals surface area contributed by atoms with Crippen molar-refractivity contribution in [2.75, 3.05) is 13.2 Å². The molecule has 1 aromatic rings. The number of aliphatic hydroxyl groups is 1. The summed E-state index contributed by atoms with van der Waals surface area (Å²) in [7, 11) is 0. The zero-order valence-electron chi connectivity index (χ0n) is 9.59. The van der Waals surface area contributed by atoms with E-state index in [1.165, 1.54) is 0 Å². The molecular weight excluding hydrogens is 220 g/mol. The lowest BCUT2D eigenvalue weighted by molar-refractivity contribution is -0.190. The van der Waals surface area contributed by atoms with E-state index in [4.69, 9.17) is 14.6 Å². The molecule has 2 rings (SSSR count). The summed E-state index contributed by atoms with van der Waals surface area (Å²) in [5, 5.41) is 8.66. The van der Waals surface area contributed by atoms with Crippen molar-refractivity contribution in [1.82, 2.24) is 0 Å². The number of hydrogen-bond donors (Lipinski definition) is 1. The van der Waals surface area contributed by atoms with Crippen molar-refractivity contribution in [1.29, 1.82) is 0 Å². The number of hydrogen-bond acceptors (Lipinski definition) is 4. The van der Waals surface area contributed by atoms with E-state index in [0.717, 1.165) is 5.56 Å². The van der Waals surface area contributed by atoms with Crippen LogP contribution in [0.15, 0.2) is 30.3 Å². The van der Waals surface area contributed by atoms with Gasteiger partial charge in [-0.15, -0.1) is 0 Å². The fourth-order valence-electron chi connectivity index (χ4n) is 1.62. The highest BCUT2D eigenvalue weighted by Crippen LogP contribution is 2.40. The molecule has 17 heavy (non-hydrogen) atoms. The lowest BCUT2D eigenvalue weighted by Gasteiger charge is -2.16. The van der Waals surface area contributed by atoms with Gasteiger partial charge in [0.05, 0.1) is 19.6 Å². The fourth-order valence-corrected chi connectivity index (χ4v) is 1.62. The molecule has 1 N–H and O–H groups in total. The topological polar surface area (TPSA) is 55.8 Å². The van der Waals surface area contributed by atoms with Gasteiger partial charge in [-0.3, -0.25) is 4.79 Å². The first-order valence-corrected chi connectivity index (χ1v) is 5.75. The normalized spacial score (nSPS) is 16.5. The molecule has 0 aromatic heterocycles. The molecule has 1 aliphatic rings. The van der Waals surface area contributed by atoms with Gasteiger partial charge in [0.1, 0.15) is 0 Å². The third-order valence-electron chi connectivity index (χ3n) is 2.61. The summed E-state index contributed by atoms with van der Waals surface area (Å²) in [5.74, 6) is -1.04. The fraction of sp³-hybridized carbons (Fsp3) is 0.462. The number of benzene rings is 1. The second-order valence-electron chi connectivity index (χ2n) is 4.12. The molecular formula is C13H16O4. The first-order chi connectivity index (χ1) is 8.24. The smallest absolute Gasteiger partial charge is 0.312 e. The van der Waals surface area contributed by atoms with Gasteiger partial charge < -0.3 is 14.6 Å². The molecule has 0 radical (unpaired) electrons. The maximum absolute atomic E-state index is 11.7. The molecule has 0 amide bonds. The Hall–Kier alpha value is -1.39. The predicted octanol–water partition coefficient (Wildman–Crippen LogP) is 1.27. The number of carbonyl (C=O) groups is 1. The van der Waals surface area contributed by atoms with Crippen LogP contribution in [0.25, 0.3) is 0 Å². The Labute approximate surface area is 100 Å². The third kappa shape index (κ3) is 3.54. The molecule has 0 bridgehead atoms. The largest absolute Gasteiger partial charge is 0.433 e. The minimum atomic E-state index is -0.755. The molecule has 0 spiro atoms. The van der Waals surface area contributed by atoms with Gasteiger partial charge in [0.2, 0.25) is 5.79 Å². The minimum Gasteiger partial charge on any atom is -0.433 e. The second kappa shape index (κ2) is 5.29. The van der Waals surface area contributed by atoms with Gasteiger partial charge in [-0.1, -0.05) is 30.3 Å².